The molecule has 0 radical (unpaired) electrons. The molecule has 0 bridgehead atoms. The number of aromatic nitrogens is 1. The maximum Gasteiger partial charge on any atom is 0.213 e. The lowest BCUT2D eigenvalue weighted by molar-refractivity contribution is -0.0605. The van der Waals surface area contributed by atoms with Crippen molar-refractivity contribution in [2.24, 2.45) is 4.99 Å². The molecule has 2 atom stereocenters. The molecule has 2 heterocycles. The summed E-state index contributed by atoms with van der Waals surface area (Å²) in [7, 11) is 1.60. The van der Waals surface area contributed by atoms with Crippen LogP contribution in [0.4, 0.5) is 4.39 Å². The van der Waals surface area contributed by atoms with Gasteiger partial charge in [-0.3, -0.25) is 0 Å². The Morgan fingerprint density at radius 2 is 2.07 bits per heavy atom. The Morgan fingerprint density at radius 3 is 2.76 bits per heavy atom. The number of halogens is 2. The number of rotatable bonds is 5. The molecule has 1 fully saturated rings. The molecule has 1 aromatic carbocycles. The van der Waals surface area contributed by atoms with Crippen LogP contribution in [-0.4, -0.2) is 48.7 Å². The number of nitrogens with one attached hydrogen (secondary N) is 1. The molecule has 3 rings (SSSR count). The van der Waals surface area contributed by atoms with Gasteiger partial charge >= 0.3 is 0 Å². The van der Waals surface area contributed by atoms with Crippen molar-refractivity contribution in [3.8, 4) is 5.88 Å². The van der Waals surface area contributed by atoms with E-state index in [1.54, 1.807) is 25.4 Å². The van der Waals surface area contributed by atoms with Crippen molar-refractivity contribution in [3.63, 3.8) is 0 Å². The van der Waals surface area contributed by atoms with Gasteiger partial charge in [-0.15, -0.1) is 24.0 Å². The number of pyridine rings is 1. The average molecular weight is 514 g/mol. The Balaban J connectivity index is 0.00000300. The normalized spacial score (nSPS) is 19.4. The number of hydrogen-bond acceptors (Lipinski definition) is 4. The zero-order valence-corrected chi connectivity index (χ0v) is 19.3. The van der Waals surface area contributed by atoms with Crippen LogP contribution in [0.2, 0.25) is 0 Å². The summed E-state index contributed by atoms with van der Waals surface area (Å²) in [5.41, 5.74) is 1.99. The van der Waals surface area contributed by atoms with Gasteiger partial charge in [-0.1, -0.05) is 12.1 Å². The van der Waals surface area contributed by atoms with Crippen LogP contribution in [0.15, 0.2) is 47.6 Å². The molecule has 1 saturated heterocycles. The van der Waals surface area contributed by atoms with Crippen LogP contribution in [0, 0.1) is 5.82 Å². The SMILES string of the molecule is CCNC(=NCc1ccnc(OC)c1)N1CC(C)OC(c2ccc(F)cc2)C1.I. The molecule has 29 heavy (non-hydrogen) atoms. The van der Waals surface area contributed by atoms with E-state index < -0.39 is 0 Å². The average Bonchev–Trinajstić information content (AvgIpc) is 2.71. The van der Waals surface area contributed by atoms with Gasteiger partial charge in [-0.25, -0.2) is 14.4 Å². The highest BCUT2D eigenvalue weighted by Crippen LogP contribution is 2.25. The van der Waals surface area contributed by atoms with E-state index in [0.29, 0.717) is 19.0 Å². The molecule has 6 nitrogen and oxygen atoms in total. The second-order valence-electron chi connectivity index (χ2n) is 6.77. The molecule has 1 aromatic heterocycles. The van der Waals surface area contributed by atoms with Gasteiger partial charge in [0.15, 0.2) is 5.96 Å². The van der Waals surface area contributed by atoms with Gasteiger partial charge in [0, 0.05) is 25.4 Å². The zero-order valence-electron chi connectivity index (χ0n) is 17.0. The topological polar surface area (TPSA) is 59.0 Å². The Labute approximate surface area is 188 Å². The van der Waals surface area contributed by atoms with E-state index >= 15 is 0 Å². The fourth-order valence-corrected chi connectivity index (χ4v) is 3.24. The standard InChI is InChI=1S/C21H27FN4O2.HI/c1-4-23-21(25-12-16-9-10-24-20(11-16)27-3)26-13-15(2)28-19(14-26)17-5-7-18(22)8-6-17;/h5-11,15,19H,4,12-14H2,1-3H3,(H,23,25);1H. The summed E-state index contributed by atoms with van der Waals surface area (Å²) >= 11 is 0. The number of aliphatic imine (C=N–C) groups is 1. The summed E-state index contributed by atoms with van der Waals surface area (Å²) in [6.07, 6.45) is 1.63. The number of ether oxygens (including phenoxy) is 2. The van der Waals surface area contributed by atoms with Crippen molar-refractivity contribution in [3.05, 3.63) is 59.5 Å². The van der Waals surface area contributed by atoms with Crippen molar-refractivity contribution in [1.29, 1.82) is 0 Å². The van der Waals surface area contributed by atoms with E-state index in [9.17, 15) is 4.39 Å². The Hall–Kier alpha value is -1.94. The van der Waals surface area contributed by atoms with Crippen molar-refractivity contribution in [1.82, 2.24) is 15.2 Å². The van der Waals surface area contributed by atoms with Crippen molar-refractivity contribution in [2.45, 2.75) is 32.6 Å². The van der Waals surface area contributed by atoms with Crippen molar-refractivity contribution in [2.75, 3.05) is 26.7 Å². The van der Waals surface area contributed by atoms with Gasteiger partial charge in [0.2, 0.25) is 5.88 Å². The summed E-state index contributed by atoms with van der Waals surface area (Å²) in [5.74, 6) is 1.17. The van der Waals surface area contributed by atoms with Crippen molar-refractivity contribution >= 4 is 29.9 Å². The highest BCUT2D eigenvalue weighted by molar-refractivity contribution is 14.0. The van der Waals surface area contributed by atoms with Crippen LogP contribution >= 0.6 is 24.0 Å². The fraction of sp³-hybridized carbons (Fsp3) is 0.429. The molecular weight excluding hydrogens is 486 g/mol. The predicted octanol–water partition coefficient (Wildman–Crippen LogP) is 3.77. The number of methoxy groups -OCH3 is 1. The third-order valence-corrected chi connectivity index (χ3v) is 4.56. The number of nitrogens with zero attached hydrogens (tertiary/aromatic N) is 3. The van der Waals surface area contributed by atoms with Gasteiger partial charge in [-0.05, 0) is 43.2 Å². The summed E-state index contributed by atoms with van der Waals surface area (Å²) in [6.45, 7) is 6.77. The van der Waals surface area contributed by atoms with Crippen LogP contribution in [-0.2, 0) is 11.3 Å². The maximum absolute atomic E-state index is 13.3. The van der Waals surface area contributed by atoms with Crippen LogP contribution in [0.5, 0.6) is 5.88 Å². The van der Waals surface area contributed by atoms with Gasteiger partial charge in [0.1, 0.15) is 11.9 Å². The van der Waals surface area contributed by atoms with Crippen LogP contribution in [0.25, 0.3) is 0 Å². The largest absolute Gasteiger partial charge is 0.481 e. The number of hydrogen-bond donors (Lipinski definition) is 1. The third-order valence-electron chi connectivity index (χ3n) is 4.56. The molecule has 1 aliphatic heterocycles. The molecule has 1 N–H and O–H groups in total. The second-order valence-corrected chi connectivity index (χ2v) is 6.77. The molecule has 1 aliphatic rings. The van der Waals surface area contributed by atoms with Crippen LogP contribution in [0.3, 0.4) is 0 Å². The first kappa shape index (κ1) is 23.3. The first-order valence-corrected chi connectivity index (χ1v) is 9.52. The molecule has 0 saturated carbocycles. The third kappa shape index (κ3) is 6.53. The van der Waals surface area contributed by atoms with Gasteiger partial charge in [0.25, 0.3) is 0 Å². The lowest BCUT2D eigenvalue weighted by Gasteiger charge is -2.38. The van der Waals surface area contributed by atoms with E-state index in [1.165, 1.54) is 12.1 Å². The summed E-state index contributed by atoms with van der Waals surface area (Å²) in [5, 5.41) is 3.37. The quantitative estimate of drug-likeness (QED) is 0.374. The van der Waals surface area contributed by atoms with Crippen LogP contribution < -0.4 is 10.1 Å². The molecule has 158 valence electrons. The summed E-state index contributed by atoms with van der Waals surface area (Å²) in [4.78, 5) is 11.1. The minimum Gasteiger partial charge on any atom is -0.481 e. The Bertz CT molecular complexity index is 804. The van der Waals surface area contributed by atoms with Crippen LogP contribution in [0.1, 0.15) is 31.1 Å². The molecule has 0 aliphatic carbocycles. The minimum atomic E-state index is -0.243. The van der Waals surface area contributed by atoms with E-state index in [4.69, 9.17) is 14.5 Å². The van der Waals surface area contributed by atoms with E-state index in [2.05, 4.69) is 15.2 Å². The van der Waals surface area contributed by atoms with Gasteiger partial charge in [0.05, 0.1) is 26.3 Å². The predicted molar refractivity (Wildman–Crippen MR) is 122 cm³/mol. The second kappa shape index (κ2) is 11.3. The van der Waals surface area contributed by atoms with E-state index in [0.717, 1.165) is 30.2 Å². The lowest BCUT2D eigenvalue weighted by atomic mass is 10.1. The monoisotopic (exact) mass is 514 g/mol. The number of benzene rings is 1. The molecular formula is C21H28FIN4O2. The Kier molecular flexibility index (Phi) is 9.09. The fourth-order valence-electron chi connectivity index (χ4n) is 3.24. The first-order chi connectivity index (χ1) is 13.6. The minimum absolute atomic E-state index is 0. The highest BCUT2D eigenvalue weighted by Gasteiger charge is 2.28. The van der Waals surface area contributed by atoms with Crippen molar-refractivity contribution < 1.29 is 13.9 Å². The summed E-state index contributed by atoms with van der Waals surface area (Å²) in [6, 6.07) is 10.3. The van der Waals surface area contributed by atoms with E-state index in [-0.39, 0.29) is 42.0 Å². The number of guanidine groups is 1. The molecule has 8 heteroatoms. The Morgan fingerprint density at radius 1 is 1.31 bits per heavy atom. The van der Waals surface area contributed by atoms with Gasteiger partial charge in [-0.2, -0.15) is 0 Å². The highest BCUT2D eigenvalue weighted by atomic mass is 127. The molecule has 2 unspecified atom stereocenters. The molecule has 0 spiro atoms. The lowest BCUT2D eigenvalue weighted by Crippen LogP contribution is -2.50. The molecule has 2 aromatic rings. The maximum atomic E-state index is 13.3. The van der Waals surface area contributed by atoms with E-state index in [1.807, 2.05) is 26.0 Å². The summed E-state index contributed by atoms with van der Waals surface area (Å²) < 4.78 is 24.5. The number of morpholine rings is 1. The molecule has 0 amide bonds. The van der Waals surface area contributed by atoms with Gasteiger partial charge < -0.3 is 19.7 Å². The first-order valence-electron chi connectivity index (χ1n) is 9.52. The smallest absolute Gasteiger partial charge is 0.213 e. The zero-order chi connectivity index (χ0) is 19.9.